The average molecular weight is 290 g/mol. The zero-order chi connectivity index (χ0) is 13.9. The lowest BCUT2D eigenvalue weighted by Gasteiger charge is -2.10. The van der Waals surface area contributed by atoms with E-state index in [-0.39, 0.29) is 6.79 Å². The molecule has 0 aliphatic carbocycles. The minimum atomic E-state index is 0.258. The van der Waals surface area contributed by atoms with Crippen molar-refractivity contribution in [3.63, 3.8) is 0 Å². The molecule has 2 aromatic carbocycles. The van der Waals surface area contributed by atoms with E-state index < -0.39 is 0 Å². The van der Waals surface area contributed by atoms with Crippen molar-refractivity contribution in [2.75, 3.05) is 12.1 Å². The molecular formula is C16H16ClNO2. The van der Waals surface area contributed by atoms with E-state index in [0.717, 1.165) is 24.4 Å². The first kappa shape index (κ1) is 13.1. The van der Waals surface area contributed by atoms with Gasteiger partial charge in [0.15, 0.2) is 11.5 Å². The van der Waals surface area contributed by atoms with Crippen molar-refractivity contribution in [2.45, 2.75) is 19.9 Å². The van der Waals surface area contributed by atoms with Gasteiger partial charge in [-0.15, -0.1) is 0 Å². The standard InChI is InChI=1S/C16H16ClNO2/c1-2-11-3-5-12(6-4-11)9-18-14-8-16-15(7-13(14)17)19-10-20-16/h3-8,18H,2,9-10H2,1H3. The van der Waals surface area contributed by atoms with Gasteiger partial charge in [-0.1, -0.05) is 42.8 Å². The molecule has 20 heavy (non-hydrogen) atoms. The molecule has 0 spiro atoms. The van der Waals surface area contributed by atoms with Crippen molar-refractivity contribution < 1.29 is 9.47 Å². The molecule has 0 atom stereocenters. The second-order valence-corrected chi connectivity index (χ2v) is 5.12. The molecule has 0 unspecified atom stereocenters. The number of ether oxygens (including phenoxy) is 2. The maximum atomic E-state index is 6.22. The molecule has 1 heterocycles. The van der Waals surface area contributed by atoms with Crippen LogP contribution in [0, 0.1) is 0 Å². The number of fused-ring (bicyclic) bond motifs is 1. The predicted molar refractivity (Wildman–Crippen MR) is 80.7 cm³/mol. The van der Waals surface area contributed by atoms with Crippen LogP contribution in [0.5, 0.6) is 11.5 Å². The lowest BCUT2D eigenvalue weighted by molar-refractivity contribution is 0.174. The third kappa shape index (κ3) is 2.68. The van der Waals surface area contributed by atoms with Crippen LogP contribution in [-0.2, 0) is 13.0 Å². The number of benzene rings is 2. The molecule has 0 saturated carbocycles. The van der Waals surface area contributed by atoms with Gasteiger partial charge >= 0.3 is 0 Å². The van der Waals surface area contributed by atoms with Crippen molar-refractivity contribution in [1.82, 2.24) is 0 Å². The molecule has 0 fully saturated rings. The van der Waals surface area contributed by atoms with E-state index >= 15 is 0 Å². The van der Waals surface area contributed by atoms with Gasteiger partial charge in [-0.3, -0.25) is 0 Å². The molecule has 3 nitrogen and oxygen atoms in total. The minimum absolute atomic E-state index is 0.258. The first-order valence-electron chi connectivity index (χ1n) is 6.67. The highest BCUT2D eigenvalue weighted by Gasteiger charge is 2.16. The van der Waals surface area contributed by atoms with Crippen LogP contribution in [0.3, 0.4) is 0 Å². The van der Waals surface area contributed by atoms with Crippen LogP contribution in [0.4, 0.5) is 5.69 Å². The third-order valence-electron chi connectivity index (χ3n) is 3.38. The predicted octanol–water partition coefficient (Wildman–Crippen LogP) is 4.24. The number of hydrogen-bond donors (Lipinski definition) is 1. The van der Waals surface area contributed by atoms with Gasteiger partial charge in [-0.05, 0) is 17.5 Å². The van der Waals surface area contributed by atoms with Crippen LogP contribution in [0.25, 0.3) is 0 Å². The lowest BCUT2D eigenvalue weighted by atomic mass is 10.1. The number of anilines is 1. The van der Waals surface area contributed by atoms with Gasteiger partial charge in [0.25, 0.3) is 0 Å². The molecule has 3 rings (SSSR count). The second kappa shape index (κ2) is 5.63. The Balaban J connectivity index is 1.71. The quantitative estimate of drug-likeness (QED) is 0.913. The Morgan fingerprint density at radius 3 is 2.40 bits per heavy atom. The van der Waals surface area contributed by atoms with Crippen LogP contribution >= 0.6 is 11.6 Å². The van der Waals surface area contributed by atoms with Gasteiger partial charge in [0.1, 0.15) is 0 Å². The normalized spacial score (nSPS) is 12.5. The van der Waals surface area contributed by atoms with Crippen molar-refractivity contribution >= 4 is 17.3 Å². The molecule has 0 amide bonds. The molecule has 1 aliphatic heterocycles. The smallest absolute Gasteiger partial charge is 0.231 e. The largest absolute Gasteiger partial charge is 0.454 e. The van der Waals surface area contributed by atoms with Crippen LogP contribution < -0.4 is 14.8 Å². The molecule has 0 aromatic heterocycles. The lowest BCUT2D eigenvalue weighted by Crippen LogP contribution is -2.00. The van der Waals surface area contributed by atoms with Crippen LogP contribution in [-0.4, -0.2) is 6.79 Å². The Hall–Kier alpha value is -1.87. The molecule has 0 bridgehead atoms. The summed E-state index contributed by atoms with van der Waals surface area (Å²) in [5.41, 5.74) is 3.42. The van der Waals surface area contributed by atoms with Crippen molar-refractivity contribution in [1.29, 1.82) is 0 Å². The van der Waals surface area contributed by atoms with E-state index in [2.05, 4.69) is 36.5 Å². The van der Waals surface area contributed by atoms with E-state index in [9.17, 15) is 0 Å². The summed E-state index contributed by atoms with van der Waals surface area (Å²) < 4.78 is 10.6. The molecule has 1 aliphatic rings. The van der Waals surface area contributed by atoms with Crippen molar-refractivity contribution in [3.8, 4) is 11.5 Å². The van der Waals surface area contributed by atoms with Crippen LogP contribution in [0.1, 0.15) is 18.1 Å². The molecule has 1 N–H and O–H groups in total. The van der Waals surface area contributed by atoms with E-state index in [4.69, 9.17) is 21.1 Å². The summed E-state index contributed by atoms with van der Waals surface area (Å²) in [5.74, 6) is 1.44. The Morgan fingerprint density at radius 1 is 1.05 bits per heavy atom. The number of aryl methyl sites for hydroxylation is 1. The second-order valence-electron chi connectivity index (χ2n) is 4.71. The highest BCUT2D eigenvalue weighted by molar-refractivity contribution is 6.33. The van der Waals surface area contributed by atoms with Gasteiger partial charge in [0.05, 0.1) is 10.7 Å². The molecular weight excluding hydrogens is 274 g/mol. The minimum Gasteiger partial charge on any atom is -0.454 e. The summed E-state index contributed by atoms with van der Waals surface area (Å²) in [5, 5.41) is 3.97. The third-order valence-corrected chi connectivity index (χ3v) is 3.69. The summed E-state index contributed by atoms with van der Waals surface area (Å²) in [6.45, 7) is 3.14. The summed E-state index contributed by atoms with van der Waals surface area (Å²) in [4.78, 5) is 0. The van der Waals surface area contributed by atoms with Crippen LogP contribution in [0.2, 0.25) is 5.02 Å². The maximum Gasteiger partial charge on any atom is 0.231 e. The monoisotopic (exact) mass is 289 g/mol. The summed E-state index contributed by atoms with van der Waals surface area (Å²) in [6.07, 6.45) is 1.06. The highest BCUT2D eigenvalue weighted by atomic mass is 35.5. The zero-order valence-corrected chi connectivity index (χ0v) is 12.0. The van der Waals surface area contributed by atoms with Gasteiger partial charge in [0, 0.05) is 18.7 Å². The Labute approximate surface area is 123 Å². The average Bonchev–Trinajstić information content (AvgIpc) is 2.92. The van der Waals surface area contributed by atoms with Gasteiger partial charge in [-0.2, -0.15) is 0 Å². The van der Waals surface area contributed by atoms with E-state index in [0.29, 0.717) is 10.8 Å². The SMILES string of the molecule is CCc1ccc(CNc2cc3c(cc2Cl)OCO3)cc1. The first-order chi connectivity index (χ1) is 9.76. The first-order valence-corrected chi connectivity index (χ1v) is 7.05. The molecule has 2 aromatic rings. The Morgan fingerprint density at radius 2 is 1.70 bits per heavy atom. The highest BCUT2D eigenvalue weighted by Crippen LogP contribution is 2.39. The number of rotatable bonds is 4. The fraction of sp³-hybridized carbons (Fsp3) is 0.250. The summed E-state index contributed by atoms with van der Waals surface area (Å²) in [7, 11) is 0. The summed E-state index contributed by atoms with van der Waals surface area (Å²) in [6, 6.07) is 12.2. The number of nitrogens with one attached hydrogen (secondary N) is 1. The topological polar surface area (TPSA) is 30.5 Å². The van der Waals surface area contributed by atoms with Crippen molar-refractivity contribution in [2.24, 2.45) is 0 Å². The van der Waals surface area contributed by atoms with Gasteiger partial charge in [0.2, 0.25) is 6.79 Å². The maximum absolute atomic E-state index is 6.22. The Bertz CT molecular complexity index is 611. The number of hydrogen-bond acceptors (Lipinski definition) is 3. The van der Waals surface area contributed by atoms with Gasteiger partial charge in [-0.25, -0.2) is 0 Å². The van der Waals surface area contributed by atoms with Gasteiger partial charge < -0.3 is 14.8 Å². The van der Waals surface area contributed by atoms with E-state index in [1.807, 2.05) is 6.07 Å². The van der Waals surface area contributed by atoms with Crippen LogP contribution in [0.15, 0.2) is 36.4 Å². The molecule has 4 heteroatoms. The van der Waals surface area contributed by atoms with E-state index in [1.54, 1.807) is 6.07 Å². The zero-order valence-electron chi connectivity index (χ0n) is 11.3. The molecule has 0 radical (unpaired) electrons. The molecule has 104 valence electrons. The fourth-order valence-electron chi connectivity index (χ4n) is 2.14. The summed E-state index contributed by atoms with van der Waals surface area (Å²) >= 11 is 6.22. The molecule has 0 saturated heterocycles. The fourth-order valence-corrected chi connectivity index (χ4v) is 2.36. The van der Waals surface area contributed by atoms with Crippen molar-refractivity contribution in [3.05, 3.63) is 52.5 Å². The number of halogens is 1. The van der Waals surface area contributed by atoms with E-state index in [1.165, 1.54) is 11.1 Å². The Kier molecular flexibility index (Phi) is 3.70.